The largest absolute Gasteiger partial charge is 0.388 e. The number of benzene rings is 1. The quantitative estimate of drug-likeness (QED) is 0.776. The Kier molecular flexibility index (Phi) is 3.16. The zero-order valence-corrected chi connectivity index (χ0v) is 10.3. The van der Waals surface area contributed by atoms with Gasteiger partial charge in [-0.2, -0.15) is 10.2 Å². The summed E-state index contributed by atoms with van der Waals surface area (Å²) in [5.74, 6) is 0. The van der Waals surface area contributed by atoms with Crippen LogP contribution in [0.2, 0.25) is 0 Å². The third-order valence-corrected chi connectivity index (χ3v) is 3.05. The Balaban J connectivity index is 1.85. The van der Waals surface area contributed by atoms with Crippen LogP contribution in [-0.4, -0.2) is 20.3 Å². The molecular formula is C15H13N3O. The molecule has 94 valence electrons. The molecule has 3 aromatic rings. The third-order valence-electron chi connectivity index (χ3n) is 3.05. The molecule has 0 saturated heterocycles. The van der Waals surface area contributed by atoms with Crippen LogP contribution in [0.1, 0.15) is 17.4 Å². The molecule has 0 radical (unpaired) electrons. The van der Waals surface area contributed by atoms with Crippen molar-refractivity contribution in [2.75, 3.05) is 0 Å². The van der Waals surface area contributed by atoms with Gasteiger partial charge in [0.2, 0.25) is 0 Å². The van der Waals surface area contributed by atoms with Crippen LogP contribution in [0.25, 0.3) is 10.9 Å². The number of hydrogen-bond donors (Lipinski definition) is 1. The highest BCUT2D eigenvalue weighted by molar-refractivity contribution is 5.78. The zero-order chi connectivity index (χ0) is 13.1. The van der Waals surface area contributed by atoms with Gasteiger partial charge in [-0.05, 0) is 18.2 Å². The number of nitrogens with zero attached hydrogens (tertiary/aromatic N) is 3. The fourth-order valence-electron chi connectivity index (χ4n) is 2.04. The van der Waals surface area contributed by atoms with Crippen molar-refractivity contribution in [3.8, 4) is 0 Å². The standard InChI is InChI=1S/C15H13N3O/c19-15(12-7-8-16-17-10-12)9-13-6-5-11-3-1-2-4-14(11)18-13/h1-8,10,15,19H,9H2. The molecule has 0 amide bonds. The minimum atomic E-state index is -0.607. The molecule has 4 heteroatoms. The van der Waals surface area contributed by atoms with Crippen molar-refractivity contribution in [2.45, 2.75) is 12.5 Å². The Hall–Kier alpha value is -2.33. The van der Waals surface area contributed by atoms with Crippen LogP contribution in [0.4, 0.5) is 0 Å². The van der Waals surface area contributed by atoms with E-state index in [4.69, 9.17) is 0 Å². The Labute approximate surface area is 110 Å². The summed E-state index contributed by atoms with van der Waals surface area (Å²) in [6.07, 6.45) is 3.01. The van der Waals surface area contributed by atoms with Crippen molar-refractivity contribution in [1.29, 1.82) is 0 Å². The Morgan fingerprint density at radius 3 is 2.74 bits per heavy atom. The lowest BCUT2D eigenvalue weighted by Gasteiger charge is -2.10. The number of para-hydroxylation sites is 1. The number of aliphatic hydroxyl groups is 1. The van der Waals surface area contributed by atoms with Crippen LogP contribution in [0.5, 0.6) is 0 Å². The average Bonchev–Trinajstić information content (AvgIpc) is 2.48. The summed E-state index contributed by atoms with van der Waals surface area (Å²) in [5.41, 5.74) is 2.56. The van der Waals surface area contributed by atoms with Gasteiger partial charge in [0.15, 0.2) is 0 Å². The molecule has 2 heterocycles. The highest BCUT2D eigenvalue weighted by atomic mass is 16.3. The SMILES string of the molecule is OC(Cc1ccc2ccccc2n1)c1ccnnc1. The first-order valence-corrected chi connectivity index (χ1v) is 6.12. The molecule has 0 fully saturated rings. The number of hydrogen-bond acceptors (Lipinski definition) is 4. The third kappa shape index (κ3) is 2.58. The van der Waals surface area contributed by atoms with Crippen LogP contribution < -0.4 is 0 Å². The fourth-order valence-corrected chi connectivity index (χ4v) is 2.04. The fraction of sp³-hybridized carbons (Fsp3) is 0.133. The van der Waals surface area contributed by atoms with E-state index in [1.165, 1.54) is 0 Å². The number of fused-ring (bicyclic) bond motifs is 1. The maximum absolute atomic E-state index is 10.1. The zero-order valence-electron chi connectivity index (χ0n) is 10.3. The molecule has 4 nitrogen and oxygen atoms in total. The number of aliphatic hydroxyl groups excluding tert-OH is 1. The molecule has 0 aliphatic carbocycles. The van der Waals surface area contributed by atoms with Crippen molar-refractivity contribution in [3.63, 3.8) is 0 Å². The van der Waals surface area contributed by atoms with E-state index in [2.05, 4.69) is 15.2 Å². The lowest BCUT2D eigenvalue weighted by molar-refractivity contribution is 0.176. The second kappa shape index (κ2) is 5.12. The van der Waals surface area contributed by atoms with Crippen molar-refractivity contribution in [1.82, 2.24) is 15.2 Å². The molecular weight excluding hydrogens is 238 g/mol. The van der Waals surface area contributed by atoms with E-state index < -0.39 is 6.10 Å². The first-order chi connectivity index (χ1) is 9.33. The first kappa shape index (κ1) is 11.7. The van der Waals surface area contributed by atoms with Gasteiger partial charge < -0.3 is 5.11 Å². The summed E-state index contributed by atoms with van der Waals surface area (Å²) >= 11 is 0. The van der Waals surface area contributed by atoms with Crippen molar-refractivity contribution in [2.24, 2.45) is 0 Å². The molecule has 3 rings (SSSR count). The normalized spacial score (nSPS) is 12.5. The topological polar surface area (TPSA) is 58.9 Å². The van der Waals surface area contributed by atoms with E-state index >= 15 is 0 Å². The van der Waals surface area contributed by atoms with Gasteiger partial charge in [-0.15, -0.1) is 0 Å². The van der Waals surface area contributed by atoms with Gasteiger partial charge in [-0.3, -0.25) is 4.98 Å². The summed E-state index contributed by atoms with van der Waals surface area (Å²) in [6, 6.07) is 13.7. The van der Waals surface area contributed by atoms with Crippen molar-refractivity contribution in [3.05, 3.63) is 66.1 Å². The average molecular weight is 251 g/mol. The van der Waals surface area contributed by atoms with Gasteiger partial charge >= 0.3 is 0 Å². The van der Waals surface area contributed by atoms with Crippen LogP contribution in [0, 0.1) is 0 Å². The molecule has 0 bridgehead atoms. The molecule has 0 aliphatic heterocycles. The van der Waals surface area contributed by atoms with Crippen LogP contribution >= 0.6 is 0 Å². The van der Waals surface area contributed by atoms with Gasteiger partial charge in [0.05, 0.1) is 17.8 Å². The second-order valence-corrected chi connectivity index (χ2v) is 4.39. The highest BCUT2D eigenvalue weighted by Gasteiger charge is 2.10. The molecule has 0 saturated carbocycles. The Morgan fingerprint density at radius 2 is 1.89 bits per heavy atom. The molecule has 1 aromatic carbocycles. The molecule has 0 spiro atoms. The maximum Gasteiger partial charge on any atom is 0.0861 e. The van der Waals surface area contributed by atoms with E-state index in [-0.39, 0.29) is 0 Å². The smallest absolute Gasteiger partial charge is 0.0861 e. The van der Waals surface area contributed by atoms with Gasteiger partial charge in [-0.25, -0.2) is 0 Å². The molecule has 19 heavy (non-hydrogen) atoms. The maximum atomic E-state index is 10.1. The van der Waals surface area contributed by atoms with E-state index in [9.17, 15) is 5.11 Å². The van der Waals surface area contributed by atoms with E-state index in [0.29, 0.717) is 6.42 Å². The van der Waals surface area contributed by atoms with Crippen LogP contribution in [-0.2, 0) is 6.42 Å². The number of rotatable bonds is 3. The van der Waals surface area contributed by atoms with Gasteiger partial charge in [0.1, 0.15) is 0 Å². The Morgan fingerprint density at radius 1 is 1.00 bits per heavy atom. The van der Waals surface area contributed by atoms with E-state index in [1.807, 2.05) is 36.4 Å². The van der Waals surface area contributed by atoms with Crippen molar-refractivity contribution < 1.29 is 5.11 Å². The molecule has 0 aliphatic rings. The predicted octanol–water partition coefficient (Wildman–Crippen LogP) is 2.30. The minimum Gasteiger partial charge on any atom is -0.388 e. The van der Waals surface area contributed by atoms with E-state index in [1.54, 1.807) is 18.5 Å². The molecule has 1 unspecified atom stereocenters. The summed E-state index contributed by atoms with van der Waals surface area (Å²) < 4.78 is 0. The first-order valence-electron chi connectivity index (χ1n) is 6.12. The summed E-state index contributed by atoms with van der Waals surface area (Å²) in [4.78, 5) is 4.54. The lowest BCUT2D eigenvalue weighted by atomic mass is 10.1. The van der Waals surface area contributed by atoms with E-state index in [0.717, 1.165) is 22.2 Å². The second-order valence-electron chi connectivity index (χ2n) is 4.39. The predicted molar refractivity (Wildman–Crippen MR) is 72.4 cm³/mol. The summed E-state index contributed by atoms with van der Waals surface area (Å²) in [7, 11) is 0. The number of pyridine rings is 1. The molecule has 1 N–H and O–H groups in total. The van der Waals surface area contributed by atoms with Crippen LogP contribution in [0.15, 0.2) is 54.9 Å². The summed E-state index contributed by atoms with van der Waals surface area (Å²) in [5, 5.41) is 18.7. The highest BCUT2D eigenvalue weighted by Crippen LogP contribution is 2.18. The van der Waals surface area contributed by atoms with Crippen molar-refractivity contribution >= 4 is 10.9 Å². The summed E-state index contributed by atoms with van der Waals surface area (Å²) in [6.45, 7) is 0. The minimum absolute atomic E-state index is 0.469. The number of aromatic nitrogens is 3. The monoisotopic (exact) mass is 251 g/mol. The molecule has 1 atom stereocenters. The van der Waals surface area contributed by atoms with Gasteiger partial charge in [0, 0.05) is 29.3 Å². The van der Waals surface area contributed by atoms with Gasteiger partial charge in [-0.1, -0.05) is 24.3 Å². The molecule has 2 aromatic heterocycles. The van der Waals surface area contributed by atoms with Gasteiger partial charge in [0.25, 0.3) is 0 Å². The lowest BCUT2D eigenvalue weighted by Crippen LogP contribution is -2.04. The van der Waals surface area contributed by atoms with Crippen LogP contribution in [0.3, 0.4) is 0 Å². The Bertz CT molecular complexity index is 685.